The summed E-state index contributed by atoms with van der Waals surface area (Å²) in [6, 6.07) is 0. The van der Waals surface area contributed by atoms with E-state index in [-0.39, 0.29) is 16.4 Å². The van der Waals surface area contributed by atoms with Gasteiger partial charge in [-0.2, -0.15) is 0 Å². The summed E-state index contributed by atoms with van der Waals surface area (Å²) in [6.45, 7) is 15.5. The zero-order chi connectivity index (χ0) is 14.8. The van der Waals surface area contributed by atoms with E-state index in [0.29, 0.717) is 0 Å². The summed E-state index contributed by atoms with van der Waals surface area (Å²) >= 11 is 0. The quantitative estimate of drug-likeness (QED) is 0.835. The summed E-state index contributed by atoms with van der Waals surface area (Å²) in [7, 11) is 0. The lowest BCUT2D eigenvalue weighted by Crippen LogP contribution is -2.36. The Kier molecular flexibility index (Phi) is 4.59. The van der Waals surface area contributed by atoms with Crippen LogP contribution >= 0.6 is 0 Å². The Morgan fingerprint density at radius 3 is 2.11 bits per heavy atom. The van der Waals surface area contributed by atoms with Crippen LogP contribution in [0, 0.1) is 0 Å². The molecule has 1 aromatic heterocycles. The molecule has 0 bridgehead atoms. The maximum Gasteiger partial charge on any atom is 0.257 e. The lowest BCUT2D eigenvalue weighted by molar-refractivity contribution is 0.485. The Hall–Kier alpha value is -1.12. The second kappa shape index (κ2) is 5.48. The van der Waals surface area contributed by atoms with Crippen molar-refractivity contribution in [1.82, 2.24) is 9.55 Å². The van der Waals surface area contributed by atoms with E-state index in [0.717, 1.165) is 30.6 Å². The van der Waals surface area contributed by atoms with Crippen molar-refractivity contribution in [1.29, 1.82) is 0 Å². The third kappa shape index (κ3) is 3.68. The maximum atomic E-state index is 12.7. The minimum Gasteiger partial charge on any atom is -0.299 e. The molecule has 108 valence electrons. The predicted octanol–water partition coefficient (Wildman–Crippen LogP) is 3.64. The molecule has 0 amide bonds. The standard InChI is InChI=1S/C16H28N2O/c1-8-9-10-18-11-17-13(16(5,6)7)12(14(18)19)15(2,3)4/h11H,8-10H2,1-7H3. The van der Waals surface area contributed by atoms with Crippen LogP contribution in [0.3, 0.4) is 0 Å². The van der Waals surface area contributed by atoms with Crippen molar-refractivity contribution >= 4 is 0 Å². The number of aryl methyl sites for hydroxylation is 1. The highest BCUT2D eigenvalue weighted by Gasteiger charge is 2.30. The van der Waals surface area contributed by atoms with Crippen LogP contribution in [0.5, 0.6) is 0 Å². The van der Waals surface area contributed by atoms with Crippen LogP contribution in [0.2, 0.25) is 0 Å². The summed E-state index contributed by atoms with van der Waals surface area (Å²) in [4.78, 5) is 17.3. The van der Waals surface area contributed by atoms with Gasteiger partial charge in [0.25, 0.3) is 5.56 Å². The Morgan fingerprint density at radius 2 is 1.68 bits per heavy atom. The molecule has 0 aliphatic carbocycles. The smallest absolute Gasteiger partial charge is 0.257 e. The van der Waals surface area contributed by atoms with Gasteiger partial charge < -0.3 is 0 Å². The van der Waals surface area contributed by atoms with Crippen LogP contribution in [-0.2, 0) is 17.4 Å². The molecule has 0 aliphatic rings. The van der Waals surface area contributed by atoms with Crippen molar-refractivity contribution in [3.8, 4) is 0 Å². The van der Waals surface area contributed by atoms with Crippen LogP contribution < -0.4 is 5.56 Å². The van der Waals surface area contributed by atoms with Gasteiger partial charge in [0.15, 0.2) is 0 Å². The first-order valence-electron chi connectivity index (χ1n) is 7.19. The molecule has 0 aromatic carbocycles. The highest BCUT2D eigenvalue weighted by molar-refractivity contribution is 5.30. The van der Waals surface area contributed by atoms with Gasteiger partial charge in [-0.15, -0.1) is 0 Å². The van der Waals surface area contributed by atoms with Gasteiger partial charge in [-0.1, -0.05) is 54.9 Å². The third-order valence-electron chi connectivity index (χ3n) is 3.25. The fourth-order valence-corrected chi connectivity index (χ4v) is 2.22. The summed E-state index contributed by atoms with van der Waals surface area (Å²) in [5.74, 6) is 0. The molecule has 0 fully saturated rings. The van der Waals surface area contributed by atoms with Crippen molar-refractivity contribution < 1.29 is 0 Å². The van der Waals surface area contributed by atoms with E-state index >= 15 is 0 Å². The van der Waals surface area contributed by atoms with Gasteiger partial charge in [-0.05, 0) is 11.8 Å². The number of rotatable bonds is 3. The molecule has 1 rings (SSSR count). The molecule has 0 spiro atoms. The van der Waals surface area contributed by atoms with Gasteiger partial charge in [-0.3, -0.25) is 9.36 Å². The number of unbranched alkanes of at least 4 members (excludes halogenated alkanes) is 1. The van der Waals surface area contributed by atoms with Crippen LogP contribution in [0.1, 0.15) is 72.6 Å². The molecule has 0 unspecified atom stereocenters. The fraction of sp³-hybridized carbons (Fsp3) is 0.750. The van der Waals surface area contributed by atoms with Crippen LogP contribution in [0.15, 0.2) is 11.1 Å². The Labute approximate surface area is 117 Å². The Morgan fingerprint density at radius 1 is 1.11 bits per heavy atom. The van der Waals surface area contributed by atoms with Crippen molar-refractivity contribution in [2.75, 3.05) is 0 Å². The highest BCUT2D eigenvalue weighted by Crippen LogP contribution is 2.29. The van der Waals surface area contributed by atoms with Gasteiger partial charge in [0.1, 0.15) is 0 Å². The average molecular weight is 264 g/mol. The van der Waals surface area contributed by atoms with Crippen molar-refractivity contribution in [3.05, 3.63) is 27.9 Å². The van der Waals surface area contributed by atoms with Crippen LogP contribution in [0.4, 0.5) is 0 Å². The molecule has 0 radical (unpaired) electrons. The zero-order valence-electron chi connectivity index (χ0n) is 13.5. The molecule has 0 aliphatic heterocycles. The first-order valence-corrected chi connectivity index (χ1v) is 7.19. The van der Waals surface area contributed by atoms with Crippen molar-refractivity contribution in [3.63, 3.8) is 0 Å². The summed E-state index contributed by atoms with van der Waals surface area (Å²) < 4.78 is 1.76. The summed E-state index contributed by atoms with van der Waals surface area (Å²) in [6.07, 6.45) is 3.81. The second-order valence-corrected chi connectivity index (χ2v) is 7.32. The van der Waals surface area contributed by atoms with Gasteiger partial charge in [-0.25, -0.2) is 4.98 Å². The Balaban J connectivity index is 3.47. The van der Waals surface area contributed by atoms with E-state index in [1.165, 1.54) is 0 Å². The van der Waals surface area contributed by atoms with Crippen LogP contribution in [0.25, 0.3) is 0 Å². The molecular weight excluding hydrogens is 236 g/mol. The molecule has 0 saturated heterocycles. The molecule has 0 saturated carbocycles. The zero-order valence-corrected chi connectivity index (χ0v) is 13.5. The molecule has 0 N–H and O–H groups in total. The Bertz CT molecular complexity index is 487. The SMILES string of the molecule is CCCCn1cnc(C(C)(C)C)c(C(C)(C)C)c1=O. The summed E-state index contributed by atoms with van der Waals surface area (Å²) in [5.41, 5.74) is 1.63. The van der Waals surface area contributed by atoms with E-state index in [2.05, 4.69) is 53.5 Å². The monoisotopic (exact) mass is 264 g/mol. The molecule has 3 nitrogen and oxygen atoms in total. The van der Waals surface area contributed by atoms with Crippen LogP contribution in [-0.4, -0.2) is 9.55 Å². The lowest BCUT2D eigenvalue weighted by atomic mass is 9.79. The highest BCUT2D eigenvalue weighted by atomic mass is 16.1. The van der Waals surface area contributed by atoms with Gasteiger partial charge >= 0.3 is 0 Å². The lowest BCUT2D eigenvalue weighted by Gasteiger charge is -2.28. The third-order valence-corrected chi connectivity index (χ3v) is 3.25. The molecule has 1 aromatic rings. The second-order valence-electron chi connectivity index (χ2n) is 7.32. The van der Waals surface area contributed by atoms with E-state index in [4.69, 9.17) is 0 Å². The van der Waals surface area contributed by atoms with E-state index in [9.17, 15) is 4.79 Å². The number of aromatic nitrogens is 2. The minimum absolute atomic E-state index is 0.106. The topological polar surface area (TPSA) is 34.9 Å². The van der Waals surface area contributed by atoms with Crippen molar-refractivity contribution in [2.24, 2.45) is 0 Å². The maximum absolute atomic E-state index is 12.7. The number of hydrogen-bond acceptors (Lipinski definition) is 2. The molecule has 19 heavy (non-hydrogen) atoms. The molecule has 3 heteroatoms. The van der Waals surface area contributed by atoms with Gasteiger partial charge in [0.05, 0.1) is 12.0 Å². The van der Waals surface area contributed by atoms with Crippen molar-refractivity contribution in [2.45, 2.75) is 78.7 Å². The molecular formula is C16H28N2O. The van der Waals surface area contributed by atoms with E-state index < -0.39 is 0 Å². The minimum atomic E-state index is -0.179. The van der Waals surface area contributed by atoms with E-state index in [1.54, 1.807) is 10.9 Å². The summed E-state index contributed by atoms with van der Waals surface area (Å²) in [5, 5.41) is 0. The largest absolute Gasteiger partial charge is 0.299 e. The van der Waals surface area contributed by atoms with Gasteiger partial charge in [0, 0.05) is 17.5 Å². The molecule has 1 heterocycles. The molecule has 0 atom stereocenters. The number of hydrogen-bond donors (Lipinski definition) is 0. The normalized spacial score (nSPS) is 12.8. The van der Waals surface area contributed by atoms with Gasteiger partial charge in [0.2, 0.25) is 0 Å². The first kappa shape index (κ1) is 15.9. The number of nitrogens with zero attached hydrogens (tertiary/aromatic N) is 2. The predicted molar refractivity (Wildman–Crippen MR) is 80.8 cm³/mol. The first-order chi connectivity index (χ1) is 8.59. The van der Waals surface area contributed by atoms with E-state index in [1.807, 2.05) is 0 Å². The fourth-order valence-electron chi connectivity index (χ4n) is 2.22. The average Bonchev–Trinajstić information content (AvgIpc) is 2.24.